The number of nitrogens with one attached hydrogen (secondary N) is 2. The van der Waals surface area contributed by atoms with Crippen LogP contribution in [0.1, 0.15) is 37.1 Å². The van der Waals surface area contributed by atoms with E-state index in [4.69, 9.17) is 9.72 Å². The van der Waals surface area contributed by atoms with E-state index in [0.29, 0.717) is 31.6 Å². The largest absolute Gasteiger partial charge is 0.380 e. The van der Waals surface area contributed by atoms with E-state index in [1.54, 1.807) is 11.3 Å². The Hall–Kier alpha value is -2.32. The minimum Gasteiger partial charge on any atom is -0.380 e. The van der Waals surface area contributed by atoms with Crippen molar-refractivity contribution in [3.63, 3.8) is 0 Å². The van der Waals surface area contributed by atoms with Crippen LogP contribution in [0, 0.1) is 6.92 Å². The molecule has 7 nitrogen and oxygen atoms in total. The predicted molar refractivity (Wildman–Crippen MR) is 110 cm³/mol. The van der Waals surface area contributed by atoms with Gasteiger partial charge in [0.1, 0.15) is 16.3 Å². The van der Waals surface area contributed by atoms with Crippen LogP contribution in [0.15, 0.2) is 12.3 Å². The van der Waals surface area contributed by atoms with Gasteiger partial charge in [-0.2, -0.15) is 4.98 Å². The summed E-state index contributed by atoms with van der Waals surface area (Å²) in [5.74, 6) is 1.95. The van der Waals surface area contributed by atoms with Gasteiger partial charge in [0.15, 0.2) is 0 Å². The summed E-state index contributed by atoms with van der Waals surface area (Å²) in [6.07, 6.45) is 4.32. The molecule has 0 amide bonds. The lowest BCUT2D eigenvalue weighted by atomic mass is 10.2. The lowest BCUT2D eigenvalue weighted by Gasteiger charge is -2.12. The van der Waals surface area contributed by atoms with E-state index in [9.17, 15) is 0 Å². The number of rotatable bonds is 8. The van der Waals surface area contributed by atoms with Gasteiger partial charge in [-0.3, -0.25) is 4.98 Å². The van der Waals surface area contributed by atoms with Crippen LogP contribution in [0.2, 0.25) is 0 Å². The number of nitrogens with zero attached hydrogens (tertiary/aromatic N) is 4. The summed E-state index contributed by atoms with van der Waals surface area (Å²) in [4.78, 5) is 18.8. The van der Waals surface area contributed by atoms with Gasteiger partial charge in [0.25, 0.3) is 0 Å². The topological polar surface area (TPSA) is 84.8 Å². The summed E-state index contributed by atoms with van der Waals surface area (Å²) in [6, 6.07) is 2.04. The lowest BCUT2D eigenvalue weighted by Crippen LogP contribution is -2.13. The van der Waals surface area contributed by atoms with Crippen molar-refractivity contribution in [2.75, 3.05) is 37.4 Å². The first-order chi connectivity index (χ1) is 13.2. The van der Waals surface area contributed by atoms with Crippen LogP contribution in [-0.4, -0.2) is 46.7 Å². The maximum absolute atomic E-state index is 5.36. The predicted octanol–water partition coefficient (Wildman–Crippen LogP) is 3.82. The molecule has 0 unspecified atom stereocenters. The molecule has 27 heavy (non-hydrogen) atoms. The number of ether oxygens (including phenoxy) is 1. The quantitative estimate of drug-likeness (QED) is 0.571. The van der Waals surface area contributed by atoms with Gasteiger partial charge >= 0.3 is 0 Å². The molecule has 3 aromatic heterocycles. The maximum atomic E-state index is 5.36. The zero-order chi connectivity index (χ0) is 18.8. The molecule has 3 heterocycles. The van der Waals surface area contributed by atoms with Crippen LogP contribution in [0.4, 0.5) is 11.8 Å². The Balaban J connectivity index is 1.68. The third-order valence-corrected chi connectivity index (χ3v) is 5.61. The van der Waals surface area contributed by atoms with Crippen molar-refractivity contribution in [1.82, 2.24) is 19.9 Å². The van der Waals surface area contributed by atoms with Crippen molar-refractivity contribution in [2.45, 2.75) is 32.6 Å². The number of aromatic nitrogens is 4. The smallest absolute Gasteiger partial charge is 0.224 e. The van der Waals surface area contributed by atoms with Gasteiger partial charge in [-0.25, -0.2) is 9.97 Å². The normalized spacial score (nSPS) is 13.9. The van der Waals surface area contributed by atoms with Crippen molar-refractivity contribution in [1.29, 1.82) is 0 Å². The molecule has 1 aliphatic carbocycles. The summed E-state index contributed by atoms with van der Waals surface area (Å²) in [7, 11) is 1.87. The molecule has 0 bridgehead atoms. The van der Waals surface area contributed by atoms with Gasteiger partial charge in [0.05, 0.1) is 28.3 Å². The zero-order valence-corrected chi connectivity index (χ0v) is 16.7. The van der Waals surface area contributed by atoms with Gasteiger partial charge in [0, 0.05) is 32.3 Å². The monoisotopic (exact) mass is 384 g/mol. The summed E-state index contributed by atoms with van der Waals surface area (Å²) < 4.78 is 6.53. The van der Waals surface area contributed by atoms with Gasteiger partial charge < -0.3 is 15.4 Å². The zero-order valence-electron chi connectivity index (χ0n) is 15.9. The Bertz CT molecular complexity index is 953. The highest BCUT2D eigenvalue weighted by molar-refractivity contribution is 7.21. The number of hydrogen-bond donors (Lipinski definition) is 2. The average Bonchev–Trinajstić information content (AvgIpc) is 3.42. The molecule has 0 aromatic carbocycles. The van der Waals surface area contributed by atoms with Crippen molar-refractivity contribution in [3.8, 4) is 10.6 Å². The number of thiazole rings is 1. The molecule has 1 saturated carbocycles. The summed E-state index contributed by atoms with van der Waals surface area (Å²) >= 11 is 1.67. The Kier molecular flexibility index (Phi) is 5.18. The van der Waals surface area contributed by atoms with Gasteiger partial charge in [0.2, 0.25) is 5.95 Å². The lowest BCUT2D eigenvalue weighted by molar-refractivity contribution is 0.158. The molecular formula is C19H24N6OS. The molecule has 3 aromatic rings. The van der Waals surface area contributed by atoms with Crippen LogP contribution in [0.3, 0.4) is 0 Å². The second-order valence-corrected chi connectivity index (χ2v) is 7.60. The number of aryl methyl sites for hydroxylation is 1. The molecule has 0 atom stereocenters. The standard InChI is InChI=1S/C19H24N6OS/c1-4-26-10-9-22-19-23-11(2)14(17(20-3)25-19)18-24-16-13(27-18)7-8-21-15(16)12-5-6-12/h7-8,12H,4-6,9-10H2,1-3H3,(H2,20,22,23,25). The van der Waals surface area contributed by atoms with Crippen molar-refractivity contribution in [3.05, 3.63) is 23.7 Å². The maximum Gasteiger partial charge on any atom is 0.224 e. The first-order valence-electron chi connectivity index (χ1n) is 9.35. The fourth-order valence-electron chi connectivity index (χ4n) is 3.11. The van der Waals surface area contributed by atoms with Crippen molar-refractivity contribution >= 4 is 33.3 Å². The Morgan fingerprint density at radius 3 is 2.85 bits per heavy atom. The first kappa shape index (κ1) is 18.1. The number of anilines is 2. The molecule has 0 spiro atoms. The summed E-state index contributed by atoms with van der Waals surface area (Å²) in [6.45, 7) is 5.99. The second-order valence-electron chi connectivity index (χ2n) is 6.57. The van der Waals surface area contributed by atoms with E-state index in [0.717, 1.165) is 33.3 Å². The number of hydrogen-bond acceptors (Lipinski definition) is 8. The molecule has 142 valence electrons. The van der Waals surface area contributed by atoms with E-state index in [1.807, 2.05) is 33.2 Å². The van der Waals surface area contributed by atoms with Crippen LogP contribution in [0.25, 0.3) is 20.8 Å². The molecule has 4 rings (SSSR count). The Labute approximate surface area is 162 Å². The fourth-order valence-corrected chi connectivity index (χ4v) is 4.17. The molecule has 0 aliphatic heterocycles. The van der Waals surface area contributed by atoms with Crippen molar-refractivity contribution < 1.29 is 4.74 Å². The Morgan fingerprint density at radius 2 is 2.11 bits per heavy atom. The molecule has 2 N–H and O–H groups in total. The molecular weight excluding hydrogens is 360 g/mol. The summed E-state index contributed by atoms with van der Waals surface area (Å²) in [5.41, 5.74) is 4.01. The van der Waals surface area contributed by atoms with Crippen LogP contribution in [0.5, 0.6) is 0 Å². The van der Waals surface area contributed by atoms with E-state index in [-0.39, 0.29) is 0 Å². The third kappa shape index (κ3) is 3.72. The van der Waals surface area contributed by atoms with E-state index >= 15 is 0 Å². The number of fused-ring (bicyclic) bond motifs is 1. The van der Waals surface area contributed by atoms with Crippen LogP contribution >= 0.6 is 11.3 Å². The molecule has 0 radical (unpaired) electrons. The van der Waals surface area contributed by atoms with Crippen molar-refractivity contribution in [2.24, 2.45) is 0 Å². The highest BCUT2D eigenvalue weighted by Gasteiger charge is 2.28. The van der Waals surface area contributed by atoms with E-state index in [1.165, 1.54) is 17.5 Å². The van der Waals surface area contributed by atoms with Gasteiger partial charge in [-0.05, 0) is 32.8 Å². The Morgan fingerprint density at radius 1 is 1.26 bits per heavy atom. The molecule has 0 saturated heterocycles. The SMILES string of the molecule is CCOCCNc1nc(C)c(-c2nc3c(C4CC4)nccc3s2)c(NC)n1. The first-order valence-corrected chi connectivity index (χ1v) is 10.2. The number of pyridine rings is 1. The second kappa shape index (κ2) is 7.74. The molecule has 1 fully saturated rings. The molecule has 1 aliphatic rings. The minimum atomic E-state index is 0.571. The summed E-state index contributed by atoms with van der Waals surface area (Å²) in [5, 5.41) is 7.35. The fraction of sp³-hybridized carbons (Fsp3) is 0.474. The van der Waals surface area contributed by atoms with Crippen LogP contribution < -0.4 is 10.6 Å². The van der Waals surface area contributed by atoms with Crippen LogP contribution in [-0.2, 0) is 4.74 Å². The highest BCUT2D eigenvalue weighted by atomic mass is 32.1. The average molecular weight is 385 g/mol. The molecule has 8 heteroatoms. The van der Waals surface area contributed by atoms with Gasteiger partial charge in [-0.1, -0.05) is 0 Å². The minimum absolute atomic E-state index is 0.571. The van der Waals surface area contributed by atoms with Gasteiger partial charge in [-0.15, -0.1) is 11.3 Å². The van der Waals surface area contributed by atoms with E-state index in [2.05, 4.69) is 25.6 Å². The third-order valence-electron chi connectivity index (χ3n) is 4.57. The van der Waals surface area contributed by atoms with E-state index < -0.39 is 0 Å². The highest BCUT2D eigenvalue weighted by Crippen LogP contribution is 2.44.